The second kappa shape index (κ2) is 5.27. The molecular formula is C15H15N5O2. The number of nitrogens with zero attached hydrogens (tertiary/aromatic N) is 4. The van der Waals surface area contributed by atoms with E-state index in [1.54, 1.807) is 12.5 Å². The highest BCUT2D eigenvalue weighted by molar-refractivity contribution is 5.49. The van der Waals surface area contributed by atoms with Gasteiger partial charge in [-0.05, 0) is 12.1 Å². The summed E-state index contributed by atoms with van der Waals surface area (Å²) in [4.78, 5) is 10.6. The lowest BCUT2D eigenvalue weighted by atomic mass is 10.1. The summed E-state index contributed by atoms with van der Waals surface area (Å²) in [5.74, 6) is 1.67. The van der Waals surface area contributed by atoms with Crippen LogP contribution >= 0.6 is 0 Å². The highest BCUT2D eigenvalue weighted by Gasteiger charge is 2.20. The number of furan rings is 1. The Hall–Kier alpha value is -2.67. The third-order valence-corrected chi connectivity index (χ3v) is 3.74. The van der Waals surface area contributed by atoms with Crippen LogP contribution in [-0.2, 0) is 19.5 Å². The van der Waals surface area contributed by atoms with Crippen molar-refractivity contribution < 1.29 is 8.94 Å². The Kier molecular flexibility index (Phi) is 3.12. The van der Waals surface area contributed by atoms with Crippen molar-refractivity contribution in [3.8, 4) is 11.5 Å². The summed E-state index contributed by atoms with van der Waals surface area (Å²) >= 11 is 0. The highest BCUT2D eigenvalue weighted by Crippen LogP contribution is 2.23. The van der Waals surface area contributed by atoms with Crippen molar-refractivity contribution in [2.45, 2.75) is 19.5 Å². The molecule has 0 amide bonds. The fourth-order valence-corrected chi connectivity index (χ4v) is 2.68. The molecule has 0 radical (unpaired) electrons. The molecule has 7 nitrogen and oxygen atoms in total. The van der Waals surface area contributed by atoms with Gasteiger partial charge >= 0.3 is 0 Å². The molecule has 0 atom stereocenters. The zero-order valence-electron chi connectivity index (χ0n) is 11.9. The predicted octanol–water partition coefficient (Wildman–Crippen LogP) is 1.87. The second-order valence-electron chi connectivity index (χ2n) is 5.32. The molecule has 4 rings (SSSR count). The third-order valence-electron chi connectivity index (χ3n) is 3.74. The van der Waals surface area contributed by atoms with E-state index >= 15 is 0 Å². The number of hydrogen-bond donors (Lipinski definition) is 1. The molecule has 1 aliphatic rings. The summed E-state index contributed by atoms with van der Waals surface area (Å²) in [6.45, 7) is 2.42. The van der Waals surface area contributed by atoms with Crippen molar-refractivity contribution >= 4 is 5.95 Å². The van der Waals surface area contributed by atoms with Gasteiger partial charge in [0.05, 0.1) is 17.7 Å². The lowest BCUT2D eigenvalue weighted by Gasteiger charge is -2.26. The fourth-order valence-electron chi connectivity index (χ4n) is 2.68. The number of aromatic nitrogens is 3. The van der Waals surface area contributed by atoms with Gasteiger partial charge < -0.3 is 14.7 Å². The van der Waals surface area contributed by atoms with Crippen LogP contribution in [0.2, 0.25) is 0 Å². The van der Waals surface area contributed by atoms with Gasteiger partial charge in [-0.25, -0.2) is 9.97 Å². The van der Waals surface area contributed by atoms with E-state index in [0.717, 1.165) is 36.5 Å². The van der Waals surface area contributed by atoms with E-state index < -0.39 is 0 Å². The van der Waals surface area contributed by atoms with Crippen LogP contribution in [0.15, 0.2) is 39.6 Å². The summed E-state index contributed by atoms with van der Waals surface area (Å²) in [7, 11) is 0. The van der Waals surface area contributed by atoms with Gasteiger partial charge in [-0.1, -0.05) is 5.16 Å². The molecule has 3 aromatic heterocycles. The number of anilines is 1. The Labute approximate surface area is 126 Å². The van der Waals surface area contributed by atoms with Crippen molar-refractivity contribution in [3.05, 3.63) is 47.6 Å². The van der Waals surface area contributed by atoms with Crippen LogP contribution in [0, 0.1) is 0 Å². The first-order valence-corrected chi connectivity index (χ1v) is 7.10. The van der Waals surface area contributed by atoms with Gasteiger partial charge in [0.15, 0.2) is 5.76 Å². The quantitative estimate of drug-likeness (QED) is 0.788. The van der Waals surface area contributed by atoms with Crippen molar-refractivity contribution in [1.82, 2.24) is 20.0 Å². The van der Waals surface area contributed by atoms with Gasteiger partial charge in [0, 0.05) is 43.9 Å². The molecular weight excluding hydrogens is 282 g/mol. The number of rotatable bonds is 3. The zero-order valence-corrected chi connectivity index (χ0v) is 11.9. The Morgan fingerprint density at radius 3 is 3.14 bits per heavy atom. The van der Waals surface area contributed by atoms with Gasteiger partial charge in [-0.3, -0.25) is 4.90 Å². The lowest BCUT2D eigenvalue weighted by Crippen LogP contribution is -2.31. The molecule has 4 heterocycles. The van der Waals surface area contributed by atoms with Crippen molar-refractivity contribution in [1.29, 1.82) is 0 Å². The van der Waals surface area contributed by atoms with Gasteiger partial charge in [-0.2, -0.15) is 0 Å². The average molecular weight is 297 g/mol. The summed E-state index contributed by atoms with van der Waals surface area (Å²) < 4.78 is 10.6. The van der Waals surface area contributed by atoms with E-state index in [2.05, 4.69) is 20.0 Å². The number of nitrogens with two attached hydrogens (primary N) is 1. The minimum Gasteiger partial charge on any atom is -0.461 e. The van der Waals surface area contributed by atoms with Gasteiger partial charge in [0.25, 0.3) is 0 Å². The molecule has 0 fully saturated rings. The Bertz CT molecular complexity index is 781. The monoisotopic (exact) mass is 297 g/mol. The summed E-state index contributed by atoms with van der Waals surface area (Å²) in [5, 5.41) is 4.11. The topological polar surface area (TPSA) is 94.2 Å². The Morgan fingerprint density at radius 2 is 2.27 bits per heavy atom. The molecule has 3 aromatic rings. The molecule has 0 aromatic carbocycles. The lowest BCUT2D eigenvalue weighted by molar-refractivity contribution is 0.235. The number of nitrogen functional groups attached to an aromatic ring is 1. The third kappa shape index (κ3) is 2.46. The molecule has 0 aliphatic carbocycles. The van der Waals surface area contributed by atoms with E-state index in [4.69, 9.17) is 14.7 Å². The van der Waals surface area contributed by atoms with Crippen LogP contribution in [0.4, 0.5) is 5.95 Å². The molecule has 0 unspecified atom stereocenters. The summed E-state index contributed by atoms with van der Waals surface area (Å²) in [6.07, 6.45) is 4.29. The number of fused-ring (bicyclic) bond motifs is 1. The maximum Gasteiger partial charge on any atom is 0.220 e. The van der Waals surface area contributed by atoms with Crippen LogP contribution in [0.25, 0.3) is 11.5 Å². The maximum absolute atomic E-state index is 5.62. The zero-order chi connectivity index (χ0) is 14.9. The Morgan fingerprint density at radius 1 is 1.32 bits per heavy atom. The first-order chi connectivity index (χ1) is 10.8. The molecule has 2 N–H and O–H groups in total. The first-order valence-electron chi connectivity index (χ1n) is 7.10. The molecule has 22 heavy (non-hydrogen) atoms. The molecule has 1 aliphatic heterocycles. The maximum atomic E-state index is 5.62. The predicted molar refractivity (Wildman–Crippen MR) is 78.5 cm³/mol. The smallest absolute Gasteiger partial charge is 0.220 e. The fraction of sp³-hybridized carbons (Fsp3) is 0.267. The Balaban J connectivity index is 1.47. The summed E-state index contributed by atoms with van der Waals surface area (Å²) in [5.41, 5.74) is 8.67. The van der Waals surface area contributed by atoms with E-state index in [-0.39, 0.29) is 0 Å². The minimum absolute atomic E-state index is 0.340. The van der Waals surface area contributed by atoms with Crippen molar-refractivity contribution in [2.24, 2.45) is 0 Å². The van der Waals surface area contributed by atoms with E-state index in [9.17, 15) is 0 Å². The summed E-state index contributed by atoms with van der Waals surface area (Å²) in [6, 6.07) is 5.59. The molecule has 0 spiro atoms. The van der Waals surface area contributed by atoms with Gasteiger partial charge in [-0.15, -0.1) is 0 Å². The van der Waals surface area contributed by atoms with Crippen LogP contribution in [0.3, 0.4) is 0 Å². The van der Waals surface area contributed by atoms with Crippen LogP contribution in [0.1, 0.15) is 17.0 Å². The molecule has 112 valence electrons. The van der Waals surface area contributed by atoms with E-state index in [1.165, 1.54) is 0 Å². The van der Waals surface area contributed by atoms with Crippen LogP contribution < -0.4 is 5.73 Å². The molecule has 0 saturated heterocycles. The van der Waals surface area contributed by atoms with Gasteiger partial charge in [0.1, 0.15) is 0 Å². The average Bonchev–Trinajstić information content (AvgIpc) is 3.18. The standard InChI is InChI=1S/C15H15N5O2/c16-15-17-7-10-8-20(4-3-12(10)18-15)9-11-6-14(22-19-11)13-2-1-5-21-13/h1-2,5-7H,3-4,8-9H2,(H2,16,17,18). The number of hydrogen-bond acceptors (Lipinski definition) is 7. The normalized spacial score (nSPS) is 14.9. The second-order valence-corrected chi connectivity index (χ2v) is 5.32. The molecule has 7 heteroatoms. The van der Waals surface area contributed by atoms with E-state index in [0.29, 0.717) is 24.0 Å². The van der Waals surface area contributed by atoms with Crippen molar-refractivity contribution in [3.63, 3.8) is 0 Å². The van der Waals surface area contributed by atoms with Crippen LogP contribution in [0.5, 0.6) is 0 Å². The minimum atomic E-state index is 0.340. The largest absolute Gasteiger partial charge is 0.461 e. The van der Waals surface area contributed by atoms with E-state index in [1.807, 2.05) is 18.2 Å². The van der Waals surface area contributed by atoms with Gasteiger partial charge in [0.2, 0.25) is 11.7 Å². The van der Waals surface area contributed by atoms with Crippen LogP contribution in [-0.4, -0.2) is 26.6 Å². The SMILES string of the molecule is Nc1ncc2c(n1)CCN(Cc1cc(-c3ccco3)on1)C2. The van der Waals surface area contributed by atoms with Crippen molar-refractivity contribution in [2.75, 3.05) is 12.3 Å². The molecule has 0 saturated carbocycles. The highest BCUT2D eigenvalue weighted by atomic mass is 16.5. The first kappa shape index (κ1) is 13.0. The molecule has 0 bridgehead atoms.